The Balaban J connectivity index is 2.14. The summed E-state index contributed by atoms with van der Waals surface area (Å²) in [6, 6.07) is 8.82. The van der Waals surface area contributed by atoms with E-state index in [9.17, 15) is 14.9 Å². The Bertz CT molecular complexity index is 580. The van der Waals surface area contributed by atoms with Crippen LogP contribution in [-0.2, 0) is 14.9 Å². The summed E-state index contributed by atoms with van der Waals surface area (Å²) in [5.41, 5.74) is 5.98. The average molecular weight is 320 g/mol. The van der Waals surface area contributed by atoms with Crippen LogP contribution in [0.15, 0.2) is 30.3 Å². The largest absolute Gasteiger partial charge is 0.469 e. The van der Waals surface area contributed by atoms with E-state index in [-0.39, 0.29) is 22.2 Å². The van der Waals surface area contributed by atoms with Gasteiger partial charge in [-0.2, -0.15) is 0 Å². The van der Waals surface area contributed by atoms with Crippen LogP contribution in [0.4, 0.5) is 0 Å². The Kier molecular flexibility index (Phi) is 4.75. The smallest absolute Gasteiger partial charge is 0.308 e. The first kappa shape index (κ1) is 17.4. The molecule has 0 saturated heterocycles. The summed E-state index contributed by atoms with van der Waals surface area (Å²) in [5, 5.41) is 11.6. The molecular formula is C17H24N2O4. The Labute approximate surface area is 136 Å². The molecule has 0 aliphatic heterocycles. The van der Waals surface area contributed by atoms with Crippen molar-refractivity contribution in [3.8, 4) is 0 Å². The maximum Gasteiger partial charge on any atom is 0.308 e. The van der Waals surface area contributed by atoms with E-state index >= 15 is 0 Å². The molecule has 0 amide bonds. The zero-order chi connectivity index (χ0) is 17.3. The Morgan fingerprint density at radius 2 is 2.00 bits per heavy atom. The third-order valence-corrected chi connectivity index (χ3v) is 4.96. The van der Waals surface area contributed by atoms with Crippen molar-refractivity contribution in [2.24, 2.45) is 11.7 Å². The van der Waals surface area contributed by atoms with Gasteiger partial charge in [-0.3, -0.25) is 14.9 Å². The van der Waals surface area contributed by atoms with E-state index in [0.717, 1.165) is 5.56 Å². The summed E-state index contributed by atoms with van der Waals surface area (Å²) in [7, 11) is 1.32. The van der Waals surface area contributed by atoms with Crippen molar-refractivity contribution >= 4 is 5.97 Å². The van der Waals surface area contributed by atoms with Crippen LogP contribution in [0, 0.1) is 16.0 Å². The molecule has 0 aromatic heterocycles. The average Bonchev–Trinajstić information content (AvgIpc) is 2.49. The molecule has 1 aromatic carbocycles. The van der Waals surface area contributed by atoms with Crippen LogP contribution in [0.3, 0.4) is 0 Å². The first-order valence-corrected chi connectivity index (χ1v) is 7.75. The number of nitro groups is 1. The predicted octanol–water partition coefficient (Wildman–Crippen LogP) is 2.28. The molecule has 1 aromatic rings. The maximum atomic E-state index is 11.6. The summed E-state index contributed by atoms with van der Waals surface area (Å²) in [4.78, 5) is 22.8. The van der Waals surface area contributed by atoms with Crippen LogP contribution in [-0.4, -0.2) is 29.6 Å². The van der Waals surface area contributed by atoms with Crippen molar-refractivity contribution in [2.45, 2.75) is 50.1 Å². The molecule has 1 unspecified atom stereocenters. The maximum absolute atomic E-state index is 11.6. The number of hydrogen-bond donors (Lipinski definition) is 1. The monoisotopic (exact) mass is 320 g/mol. The highest BCUT2D eigenvalue weighted by atomic mass is 16.6. The van der Waals surface area contributed by atoms with Crippen LogP contribution in [0.2, 0.25) is 0 Å². The molecule has 6 heteroatoms. The van der Waals surface area contributed by atoms with Gasteiger partial charge in [-0.15, -0.1) is 0 Å². The standard InChI is InChI=1S/C17H24N2O4/c1-16(2,13-7-5-4-6-8-13)11-14(19(21)22)17(18)9-12(10-17)15(20)23-3/h4-8,12,14H,9-11,18H2,1-3H3. The molecule has 1 aliphatic rings. The Morgan fingerprint density at radius 1 is 1.43 bits per heavy atom. The fraction of sp³-hybridized carbons (Fsp3) is 0.588. The molecule has 1 aliphatic carbocycles. The highest BCUT2D eigenvalue weighted by molar-refractivity contribution is 5.74. The van der Waals surface area contributed by atoms with E-state index in [1.165, 1.54) is 7.11 Å². The minimum atomic E-state index is -0.950. The van der Waals surface area contributed by atoms with Crippen molar-refractivity contribution in [2.75, 3.05) is 7.11 Å². The van der Waals surface area contributed by atoms with Gasteiger partial charge in [0.1, 0.15) is 0 Å². The molecule has 1 saturated carbocycles. The lowest BCUT2D eigenvalue weighted by atomic mass is 9.62. The number of carbonyl (C=O) groups excluding carboxylic acids is 1. The van der Waals surface area contributed by atoms with Gasteiger partial charge in [-0.25, -0.2) is 0 Å². The third kappa shape index (κ3) is 3.52. The van der Waals surface area contributed by atoms with E-state index in [4.69, 9.17) is 10.5 Å². The van der Waals surface area contributed by atoms with Gasteiger partial charge in [-0.05, 0) is 23.8 Å². The van der Waals surface area contributed by atoms with E-state index in [1.54, 1.807) is 0 Å². The number of nitrogens with zero attached hydrogens (tertiary/aromatic N) is 1. The fourth-order valence-electron chi connectivity index (χ4n) is 3.44. The number of methoxy groups -OCH3 is 1. The normalized spacial score (nSPS) is 25.3. The van der Waals surface area contributed by atoms with Crippen LogP contribution >= 0.6 is 0 Å². The number of ether oxygens (including phenoxy) is 1. The molecule has 126 valence electrons. The van der Waals surface area contributed by atoms with Gasteiger partial charge >= 0.3 is 5.97 Å². The zero-order valence-corrected chi connectivity index (χ0v) is 13.8. The summed E-state index contributed by atoms with van der Waals surface area (Å²) >= 11 is 0. The molecule has 0 radical (unpaired) electrons. The summed E-state index contributed by atoms with van der Waals surface area (Å²) in [6.45, 7) is 3.97. The molecular weight excluding hydrogens is 296 g/mol. The van der Waals surface area contributed by atoms with Gasteiger partial charge in [0, 0.05) is 11.3 Å². The van der Waals surface area contributed by atoms with Crippen molar-refractivity contribution in [3.05, 3.63) is 46.0 Å². The van der Waals surface area contributed by atoms with E-state index in [2.05, 4.69) is 0 Å². The molecule has 1 atom stereocenters. The van der Waals surface area contributed by atoms with E-state index in [1.807, 2.05) is 44.2 Å². The van der Waals surface area contributed by atoms with Crippen LogP contribution < -0.4 is 5.73 Å². The van der Waals surface area contributed by atoms with Gasteiger partial charge in [-0.1, -0.05) is 44.2 Å². The van der Waals surface area contributed by atoms with Gasteiger partial charge < -0.3 is 10.5 Å². The van der Waals surface area contributed by atoms with Gasteiger partial charge in [0.25, 0.3) is 0 Å². The Morgan fingerprint density at radius 3 is 2.48 bits per heavy atom. The molecule has 6 nitrogen and oxygen atoms in total. The van der Waals surface area contributed by atoms with Crippen molar-refractivity contribution in [3.63, 3.8) is 0 Å². The fourth-order valence-corrected chi connectivity index (χ4v) is 3.44. The predicted molar refractivity (Wildman–Crippen MR) is 86.5 cm³/mol. The minimum Gasteiger partial charge on any atom is -0.469 e. The minimum absolute atomic E-state index is 0.293. The number of benzene rings is 1. The van der Waals surface area contributed by atoms with E-state index in [0.29, 0.717) is 19.3 Å². The summed E-state index contributed by atoms with van der Waals surface area (Å²) < 4.78 is 4.69. The molecule has 1 fully saturated rings. The topological polar surface area (TPSA) is 95.5 Å². The van der Waals surface area contributed by atoms with Crippen LogP contribution in [0.1, 0.15) is 38.7 Å². The molecule has 2 N–H and O–H groups in total. The lowest BCUT2D eigenvalue weighted by molar-refractivity contribution is -0.540. The number of esters is 1. The Hall–Kier alpha value is -1.95. The zero-order valence-electron chi connectivity index (χ0n) is 13.8. The second kappa shape index (κ2) is 6.28. The lowest BCUT2D eigenvalue weighted by Gasteiger charge is -2.45. The van der Waals surface area contributed by atoms with Crippen molar-refractivity contribution in [1.82, 2.24) is 0 Å². The van der Waals surface area contributed by atoms with Gasteiger partial charge in [0.2, 0.25) is 6.04 Å². The molecule has 0 heterocycles. The van der Waals surface area contributed by atoms with Crippen molar-refractivity contribution in [1.29, 1.82) is 0 Å². The number of hydrogen-bond acceptors (Lipinski definition) is 5. The lowest BCUT2D eigenvalue weighted by Crippen LogP contribution is -2.64. The van der Waals surface area contributed by atoms with Crippen molar-refractivity contribution < 1.29 is 14.5 Å². The highest BCUT2D eigenvalue weighted by Gasteiger charge is 2.56. The van der Waals surface area contributed by atoms with E-state index < -0.39 is 11.6 Å². The molecule has 0 bridgehead atoms. The van der Waals surface area contributed by atoms with Crippen LogP contribution in [0.5, 0.6) is 0 Å². The quantitative estimate of drug-likeness (QED) is 0.493. The highest BCUT2D eigenvalue weighted by Crippen LogP contribution is 2.43. The SMILES string of the molecule is COC(=O)C1CC(N)(C(CC(C)(C)c2ccccc2)[N+](=O)[O-])C1. The molecule has 23 heavy (non-hydrogen) atoms. The first-order chi connectivity index (χ1) is 10.7. The first-order valence-electron chi connectivity index (χ1n) is 7.75. The second-order valence-electron chi connectivity index (χ2n) is 7.12. The number of rotatable bonds is 6. The summed E-state index contributed by atoms with van der Waals surface area (Å²) in [5.74, 6) is -0.664. The van der Waals surface area contributed by atoms with Gasteiger partial charge in [0.05, 0.1) is 18.6 Å². The molecule has 2 rings (SSSR count). The van der Waals surface area contributed by atoms with Crippen LogP contribution in [0.25, 0.3) is 0 Å². The van der Waals surface area contributed by atoms with Gasteiger partial charge in [0.15, 0.2) is 0 Å². The summed E-state index contributed by atoms with van der Waals surface area (Å²) in [6.07, 6.45) is 0.931. The second-order valence-corrected chi connectivity index (χ2v) is 7.12. The number of nitrogens with two attached hydrogens (primary N) is 1. The third-order valence-electron chi connectivity index (χ3n) is 4.96. The molecule has 0 spiro atoms. The number of carbonyl (C=O) groups is 1.